The maximum atomic E-state index is 13.2. The lowest BCUT2D eigenvalue weighted by Crippen LogP contribution is -2.23. The van der Waals surface area contributed by atoms with E-state index >= 15 is 0 Å². The van der Waals surface area contributed by atoms with E-state index in [0.717, 1.165) is 47.3 Å². The average molecular weight is 401 g/mol. The van der Waals surface area contributed by atoms with Crippen molar-refractivity contribution in [1.82, 2.24) is 9.55 Å². The van der Waals surface area contributed by atoms with Gasteiger partial charge in [0.15, 0.2) is 0 Å². The highest BCUT2D eigenvalue weighted by Gasteiger charge is 2.30. The first-order valence-corrected chi connectivity index (χ1v) is 11.5. The van der Waals surface area contributed by atoms with Crippen molar-refractivity contribution in [2.75, 3.05) is 0 Å². The standard InChI is InChI=1S/C27H32N2O/c1-7-18-15(4)11-24-26-22(13-29(24)27(18)30)20-10-8-9-19-17(6)21(16(5)14(2)3)12-23(28-26)25(19)20/h11-12,14,16H,7-10,13H2,1-6H3. The van der Waals surface area contributed by atoms with Gasteiger partial charge in [0.2, 0.25) is 0 Å². The zero-order valence-electron chi connectivity index (χ0n) is 19.1. The van der Waals surface area contributed by atoms with Crippen LogP contribution in [0, 0.1) is 19.8 Å². The molecule has 156 valence electrons. The van der Waals surface area contributed by atoms with Crippen LogP contribution in [0.25, 0.3) is 22.3 Å². The second kappa shape index (κ2) is 6.80. The van der Waals surface area contributed by atoms with Crippen molar-refractivity contribution < 1.29 is 0 Å². The number of hydrogen-bond acceptors (Lipinski definition) is 2. The van der Waals surface area contributed by atoms with E-state index in [9.17, 15) is 4.79 Å². The monoisotopic (exact) mass is 400 g/mol. The third-order valence-electron chi connectivity index (χ3n) is 7.80. The van der Waals surface area contributed by atoms with Crippen LogP contribution in [0.5, 0.6) is 0 Å². The van der Waals surface area contributed by atoms with Crippen LogP contribution in [0.3, 0.4) is 0 Å². The number of aryl methyl sites for hydroxylation is 3. The number of pyridine rings is 2. The van der Waals surface area contributed by atoms with Crippen LogP contribution < -0.4 is 5.56 Å². The molecule has 0 fully saturated rings. The Bertz CT molecular complexity index is 1260. The van der Waals surface area contributed by atoms with Crippen LogP contribution in [0.1, 0.15) is 79.0 Å². The van der Waals surface area contributed by atoms with Gasteiger partial charge in [0.25, 0.3) is 5.56 Å². The molecule has 1 aliphatic carbocycles. The number of nitrogens with zero attached hydrogens (tertiary/aromatic N) is 2. The average Bonchev–Trinajstić information content (AvgIpc) is 3.09. The normalized spacial score (nSPS) is 15.6. The molecule has 3 heteroatoms. The van der Waals surface area contributed by atoms with E-state index in [1.54, 1.807) is 0 Å². The molecule has 0 spiro atoms. The molecule has 1 unspecified atom stereocenters. The van der Waals surface area contributed by atoms with Crippen LogP contribution in [0.4, 0.5) is 0 Å². The summed E-state index contributed by atoms with van der Waals surface area (Å²) in [5.74, 6) is 1.11. The third kappa shape index (κ3) is 2.57. The molecule has 1 aliphatic heterocycles. The Kier molecular flexibility index (Phi) is 4.43. The van der Waals surface area contributed by atoms with Gasteiger partial charge in [-0.1, -0.05) is 27.7 Å². The summed E-state index contributed by atoms with van der Waals surface area (Å²) in [6, 6.07) is 4.54. The SMILES string of the molecule is CCc1c(C)cc2n(c1=O)Cc1c-2nc2cc(C(C)C(C)C)c(C)c3c2c1CCC3. The molecule has 3 nitrogen and oxygen atoms in total. The van der Waals surface area contributed by atoms with E-state index in [1.165, 1.54) is 39.6 Å². The highest BCUT2D eigenvalue weighted by atomic mass is 16.1. The molecular weight excluding hydrogens is 368 g/mol. The van der Waals surface area contributed by atoms with Crippen molar-refractivity contribution in [3.05, 3.63) is 61.4 Å². The first kappa shape index (κ1) is 19.5. The molecule has 30 heavy (non-hydrogen) atoms. The predicted molar refractivity (Wildman–Crippen MR) is 125 cm³/mol. The Balaban J connectivity index is 1.84. The maximum Gasteiger partial charge on any atom is 0.254 e. The van der Waals surface area contributed by atoms with E-state index in [1.807, 2.05) is 4.57 Å². The van der Waals surface area contributed by atoms with Gasteiger partial charge in [-0.15, -0.1) is 0 Å². The Morgan fingerprint density at radius 3 is 2.50 bits per heavy atom. The van der Waals surface area contributed by atoms with Crippen molar-refractivity contribution in [3.8, 4) is 11.4 Å². The minimum absolute atomic E-state index is 0.170. The smallest absolute Gasteiger partial charge is 0.254 e. The highest BCUT2D eigenvalue weighted by molar-refractivity contribution is 5.93. The lowest BCUT2D eigenvalue weighted by molar-refractivity contribution is 0.532. The van der Waals surface area contributed by atoms with E-state index in [-0.39, 0.29) is 5.56 Å². The Morgan fingerprint density at radius 2 is 1.80 bits per heavy atom. The Morgan fingerprint density at radius 1 is 1.07 bits per heavy atom. The number of fused-ring (bicyclic) bond motifs is 4. The first-order valence-electron chi connectivity index (χ1n) is 11.5. The highest BCUT2D eigenvalue weighted by Crippen LogP contribution is 2.43. The van der Waals surface area contributed by atoms with Gasteiger partial charge >= 0.3 is 0 Å². The van der Waals surface area contributed by atoms with E-state index in [4.69, 9.17) is 4.98 Å². The molecular formula is C27H32N2O. The Labute approximate surface area is 179 Å². The quantitative estimate of drug-likeness (QED) is 0.432. The van der Waals surface area contributed by atoms with Gasteiger partial charge in [-0.3, -0.25) is 4.79 Å². The largest absolute Gasteiger partial charge is 0.302 e. The van der Waals surface area contributed by atoms with Crippen LogP contribution >= 0.6 is 0 Å². The molecule has 1 aromatic carbocycles. The molecule has 5 rings (SSSR count). The number of benzene rings is 1. The molecule has 0 bridgehead atoms. The summed E-state index contributed by atoms with van der Waals surface area (Å²) in [5.41, 5.74) is 12.5. The number of aromatic nitrogens is 2. The minimum atomic E-state index is 0.170. The lowest BCUT2D eigenvalue weighted by atomic mass is 9.79. The van der Waals surface area contributed by atoms with Crippen molar-refractivity contribution in [3.63, 3.8) is 0 Å². The molecule has 0 saturated heterocycles. The fourth-order valence-corrected chi connectivity index (χ4v) is 5.75. The Hall–Kier alpha value is -2.42. The molecule has 3 aromatic rings. The number of hydrogen-bond donors (Lipinski definition) is 0. The van der Waals surface area contributed by atoms with Gasteiger partial charge < -0.3 is 4.57 Å². The zero-order valence-corrected chi connectivity index (χ0v) is 19.1. The van der Waals surface area contributed by atoms with Crippen LogP contribution in [0.15, 0.2) is 16.9 Å². The molecule has 0 N–H and O–H groups in total. The van der Waals surface area contributed by atoms with Gasteiger partial charge in [0.05, 0.1) is 23.4 Å². The number of rotatable bonds is 3. The predicted octanol–water partition coefficient (Wildman–Crippen LogP) is 5.85. The van der Waals surface area contributed by atoms with Gasteiger partial charge in [-0.05, 0) is 91.3 Å². The molecule has 2 aliphatic rings. The summed E-state index contributed by atoms with van der Waals surface area (Å²) in [7, 11) is 0. The van der Waals surface area contributed by atoms with Crippen molar-refractivity contribution in [2.45, 2.75) is 79.7 Å². The summed E-state index contributed by atoms with van der Waals surface area (Å²) in [6.45, 7) is 14.1. The summed E-state index contributed by atoms with van der Waals surface area (Å²) in [6.07, 6.45) is 4.20. The van der Waals surface area contributed by atoms with Crippen LogP contribution in [-0.2, 0) is 25.8 Å². The van der Waals surface area contributed by atoms with Gasteiger partial charge in [-0.2, -0.15) is 0 Å². The van der Waals surface area contributed by atoms with Gasteiger partial charge in [0.1, 0.15) is 0 Å². The fourth-order valence-electron chi connectivity index (χ4n) is 5.75. The van der Waals surface area contributed by atoms with Crippen LogP contribution in [-0.4, -0.2) is 9.55 Å². The lowest BCUT2D eigenvalue weighted by Gasteiger charge is -2.26. The molecule has 0 amide bonds. The van der Waals surface area contributed by atoms with Gasteiger partial charge in [-0.25, -0.2) is 4.98 Å². The van der Waals surface area contributed by atoms with E-state index in [2.05, 4.69) is 53.7 Å². The maximum absolute atomic E-state index is 13.2. The molecule has 1 atom stereocenters. The van der Waals surface area contributed by atoms with E-state index < -0.39 is 0 Å². The molecule has 0 radical (unpaired) electrons. The van der Waals surface area contributed by atoms with Gasteiger partial charge in [0, 0.05) is 16.5 Å². The summed E-state index contributed by atoms with van der Waals surface area (Å²) < 4.78 is 1.97. The zero-order chi connectivity index (χ0) is 21.3. The van der Waals surface area contributed by atoms with E-state index in [0.29, 0.717) is 18.4 Å². The first-order chi connectivity index (χ1) is 14.3. The van der Waals surface area contributed by atoms with Crippen molar-refractivity contribution in [2.24, 2.45) is 5.92 Å². The molecule has 3 heterocycles. The summed E-state index contributed by atoms with van der Waals surface area (Å²) >= 11 is 0. The van der Waals surface area contributed by atoms with Crippen molar-refractivity contribution in [1.29, 1.82) is 0 Å². The summed E-state index contributed by atoms with van der Waals surface area (Å²) in [4.78, 5) is 18.4. The molecule has 0 saturated carbocycles. The minimum Gasteiger partial charge on any atom is -0.302 e. The topological polar surface area (TPSA) is 34.9 Å². The second-order valence-electron chi connectivity index (χ2n) is 9.70. The summed E-state index contributed by atoms with van der Waals surface area (Å²) in [5, 5.41) is 1.38. The van der Waals surface area contributed by atoms with Crippen LogP contribution in [0.2, 0.25) is 0 Å². The third-order valence-corrected chi connectivity index (χ3v) is 7.80. The fraction of sp³-hybridized carbons (Fsp3) is 0.481. The second-order valence-corrected chi connectivity index (χ2v) is 9.70. The van der Waals surface area contributed by atoms with Crippen molar-refractivity contribution >= 4 is 10.9 Å². The molecule has 2 aromatic heterocycles.